The molecule has 0 amide bonds. The highest BCUT2D eigenvalue weighted by atomic mass is 15.2. The first-order valence-corrected chi connectivity index (χ1v) is 6.76. The molecule has 0 aromatic heterocycles. The maximum absolute atomic E-state index is 6.20. The lowest BCUT2D eigenvalue weighted by Crippen LogP contribution is -2.47. The summed E-state index contributed by atoms with van der Waals surface area (Å²) in [6, 6.07) is 0. The molecular weight excluding hydrogens is 184 g/mol. The first-order valence-electron chi connectivity index (χ1n) is 6.76. The maximum atomic E-state index is 6.20. The van der Waals surface area contributed by atoms with Crippen LogP contribution in [-0.2, 0) is 0 Å². The molecule has 0 aromatic carbocycles. The Balaban J connectivity index is 1.55. The zero-order valence-electron chi connectivity index (χ0n) is 9.75. The third-order valence-electron chi connectivity index (χ3n) is 4.81. The summed E-state index contributed by atoms with van der Waals surface area (Å²) in [5.74, 6) is 2.07. The number of hydrogen-bond acceptors (Lipinski definition) is 2. The van der Waals surface area contributed by atoms with E-state index in [0.29, 0.717) is 0 Å². The highest BCUT2D eigenvalue weighted by molar-refractivity contribution is 5.02. The fourth-order valence-electron chi connectivity index (χ4n) is 3.58. The Bertz CT molecular complexity index is 235. The number of rotatable bonds is 2. The van der Waals surface area contributed by atoms with Gasteiger partial charge in [0.1, 0.15) is 0 Å². The van der Waals surface area contributed by atoms with Crippen LogP contribution in [0, 0.1) is 11.8 Å². The maximum Gasteiger partial charge on any atom is 0.0284 e. The van der Waals surface area contributed by atoms with Crippen molar-refractivity contribution in [3.8, 4) is 0 Å². The smallest absolute Gasteiger partial charge is 0.0284 e. The minimum atomic E-state index is 0.224. The van der Waals surface area contributed by atoms with Crippen LogP contribution in [0.2, 0.25) is 0 Å². The van der Waals surface area contributed by atoms with Crippen molar-refractivity contribution in [2.75, 3.05) is 19.6 Å². The van der Waals surface area contributed by atoms with E-state index in [9.17, 15) is 0 Å². The molecule has 86 valence electrons. The molecule has 0 aromatic rings. The molecule has 2 nitrogen and oxygen atoms in total. The first-order chi connectivity index (χ1) is 7.25. The molecule has 2 atom stereocenters. The van der Waals surface area contributed by atoms with Gasteiger partial charge in [-0.3, -0.25) is 0 Å². The molecule has 1 aliphatic heterocycles. The van der Waals surface area contributed by atoms with Crippen LogP contribution < -0.4 is 5.73 Å². The second kappa shape index (κ2) is 3.74. The third kappa shape index (κ3) is 2.21. The fraction of sp³-hybridized carbons (Fsp3) is 1.00. The van der Waals surface area contributed by atoms with Gasteiger partial charge in [-0.15, -0.1) is 0 Å². The van der Waals surface area contributed by atoms with Gasteiger partial charge in [-0.05, 0) is 44.1 Å². The third-order valence-corrected chi connectivity index (χ3v) is 4.81. The summed E-state index contributed by atoms with van der Waals surface area (Å²) in [4.78, 5) is 2.65. The Hall–Kier alpha value is -0.0800. The predicted molar refractivity (Wildman–Crippen MR) is 62.7 cm³/mol. The number of likely N-dealkylation sites (tertiary alicyclic amines) is 1. The molecule has 1 heterocycles. The molecule has 3 rings (SSSR count). The van der Waals surface area contributed by atoms with Gasteiger partial charge in [0.25, 0.3) is 0 Å². The average molecular weight is 208 g/mol. The van der Waals surface area contributed by atoms with Gasteiger partial charge in [0.05, 0.1) is 0 Å². The van der Waals surface area contributed by atoms with Gasteiger partial charge in [-0.25, -0.2) is 0 Å². The second-order valence-electron chi connectivity index (χ2n) is 6.19. The number of hydrogen-bond donors (Lipinski definition) is 1. The first kappa shape index (κ1) is 10.1. The van der Waals surface area contributed by atoms with E-state index in [4.69, 9.17) is 5.73 Å². The second-order valence-corrected chi connectivity index (χ2v) is 6.19. The van der Waals surface area contributed by atoms with E-state index in [1.54, 1.807) is 0 Å². The monoisotopic (exact) mass is 208 g/mol. The van der Waals surface area contributed by atoms with Gasteiger partial charge in [0, 0.05) is 18.6 Å². The van der Waals surface area contributed by atoms with Crippen LogP contribution in [0.15, 0.2) is 0 Å². The molecule has 15 heavy (non-hydrogen) atoms. The quantitative estimate of drug-likeness (QED) is 0.752. The zero-order chi connectivity index (χ0) is 10.3. The van der Waals surface area contributed by atoms with Crippen LogP contribution in [0.5, 0.6) is 0 Å². The Morgan fingerprint density at radius 3 is 2.53 bits per heavy atom. The van der Waals surface area contributed by atoms with Gasteiger partial charge in [0.2, 0.25) is 0 Å². The van der Waals surface area contributed by atoms with Crippen LogP contribution in [0.1, 0.15) is 44.9 Å². The molecule has 2 N–H and O–H groups in total. The molecule has 3 aliphatic rings. The van der Waals surface area contributed by atoms with Crippen molar-refractivity contribution in [2.45, 2.75) is 50.5 Å². The lowest BCUT2D eigenvalue weighted by atomic mass is 9.75. The van der Waals surface area contributed by atoms with Crippen LogP contribution >= 0.6 is 0 Å². The van der Waals surface area contributed by atoms with Gasteiger partial charge in [0.15, 0.2) is 0 Å². The molecule has 0 bridgehead atoms. The van der Waals surface area contributed by atoms with Crippen molar-refractivity contribution in [2.24, 2.45) is 17.6 Å². The Morgan fingerprint density at radius 1 is 1.07 bits per heavy atom. The zero-order valence-corrected chi connectivity index (χ0v) is 9.75. The summed E-state index contributed by atoms with van der Waals surface area (Å²) in [7, 11) is 0. The Kier molecular flexibility index (Phi) is 2.52. The molecule has 0 spiro atoms. The van der Waals surface area contributed by atoms with Crippen molar-refractivity contribution in [1.29, 1.82) is 0 Å². The summed E-state index contributed by atoms with van der Waals surface area (Å²) in [5, 5.41) is 0. The van der Waals surface area contributed by atoms with Crippen molar-refractivity contribution < 1.29 is 0 Å². The van der Waals surface area contributed by atoms with E-state index in [2.05, 4.69) is 4.90 Å². The van der Waals surface area contributed by atoms with E-state index in [1.165, 1.54) is 64.6 Å². The van der Waals surface area contributed by atoms with Gasteiger partial charge in [-0.2, -0.15) is 0 Å². The Morgan fingerprint density at radius 2 is 1.80 bits per heavy atom. The molecular formula is C13H24N2. The highest BCUT2D eigenvalue weighted by Gasteiger charge is 2.41. The van der Waals surface area contributed by atoms with Crippen LogP contribution in [0.25, 0.3) is 0 Å². The standard InChI is InChI=1S/C13H24N2/c14-13(6-7-13)10-15-8-5-11-3-1-2-4-12(11)9-15/h11-12H,1-10,14H2. The summed E-state index contributed by atoms with van der Waals surface area (Å²) in [6.45, 7) is 3.85. The summed E-state index contributed by atoms with van der Waals surface area (Å²) in [6.07, 6.45) is 9.92. The van der Waals surface area contributed by atoms with E-state index in [-0.39, 0.29) is 5.54 Å². The minimum Gasteiger partial charge on any atom is -0.324 e. The summed E-state index contributed by atoms with van der Waals surface area (Å²) < 4.78 is 0. The van der Waals surface area contributed by atoms with Crippen LogP contribution in [-0.4, -0.2) is 30.1 Å². The molecule has 0 radical (unpaired) electrons. The normalized spacial score (nSPS) is 39.8. The summed E-state index contributed by atoms with van der Waals surface area (Å²) in [5.41, 5.74) is 6.43. The average Bonchev–Trinajstić information content (AvgIpc) is 2.96. The Labute approximate surface area is 93.2 Å². The van der Waals surface area contributed by atoms with Crippen molar-refractivity contribution in [1.82, 2.24) is 4.90 Å². The van der Waals surface area contributed by atoms with Gasteiger partial charge < -0.3 is 10.6 Å². The topological polar surface area (TPSA) is 29.3 Å². The predicted octanol–water partition coefficient (Wildman–Crippen LogP) is 1.99. The van der Waals surface area contributed by atoms with E-state index < -0.39 is 0 Å². The number of nitrogens with zero attached hydrogens (tertiary/aromatic N) is 1. The number of nitrogens with two attached hydrogens (primary N) is 1. The van der Waals surface area contributed by atoms with Gasteiger partial charge in [-0.1, -0.05) is 19.3 Å². The number of piperidine rings is 1. The van der Waals surface area contributed by atoms with Crippen molar-refractivity contribution in [3.63, 3.8) is 0 Å². The lowest BCUT2D eigenvalue weighted by Gasteiger charge is -2.42. The van der Waals surface area contributed by atoms with Crippen molar-refractivity contribution >= 4 is 0 Å². The fourth-order valence-corrected chi connectivity index (χ4v) is 3.58. The molecule has 2 saturated carbocycles. The van der Waals surface area contributed by atoms with Crippen LogP contribution in [0.4, 0.5) is 0 Å². The molecule has 1 saturated heterocycles. The lowest BCUT2D eigenvalue weighted by molar-refractivity contribution is 0.0809. The molecule has 2 aliphatic carbocycles. The molecule has 3 fully saturated rings. The van der Waals surface area contributed by atoms with Gasteiger partial charge >= 0.3 is 0 Å². The number of fused-ring (bicyclic) bond motifs is 1. The SMILES string of the molecule is NC1(CN2CCC3CCCCC3C2)CC1. The van der Waals surface area contributed by atoms with Crippen LogP contribution in [0.3, 0.4) is 0 Å². The van der Waals surface area contributed by atoms with Crippen molar-refractivity contribution in [3.05, 3.63) is 0 Å². The van der Waals surface area contributed by atoms with E-state index in [0.717, 1.165) is 11.8 Å². The molecule has 2 heteroatoms. The minimum absolute atomic E-state index is 0.224. The highest BCUT2D eigenvalue weighted by Crippen LogP contribution is 2.38. The van der Waals surface area contributed by atoms with E-state index in [1.807, 2.05) is 0 Å². The van der Waals surface area contributed by atoms with E-state index >= 15 is 0 Å². The largest absolute Gasteiger partial charge is 0.324 e. The summed E-state index contributed by atoms with van der Waals surface area (Å²) >= 11 is 0. The molecule has 2 unspecified atom stereocenters.